The minimum absolute atomic E-state index is 0.0618. The predicted octanol–water partition coefficient (Wildman–Crippen LogP) is 3.06. The number of primary amides is 1. The van der Waals surface area contributed by atoms with Gasteiger partial charge in [0.1, 0.15) is 34.2 Å². The Morgan fingerprint density at radius 3 is 2.49 bits per heavy atom. The molecule has 0 radical (unpaired) electrons. The van der Waals surface area contributed by atoms with Crippen LogP contribution in [0, 0.1) is 11.8 Å². The van der Waals surface area contributed by atoms with Crippen molar-refractivity contribution in [1.29, 1.82) is 0 Å². The number of anilines is 1. The fourth-order valence-electron chi connectivity index (χ4n) is 6.37. The summed E-state index contributed by atoms with van der Waals surface area (Å²) in [5.74, 6) is -6.27. The van der Waals surface area contributed by atoms with Gasteiger partial charge in [0.2, 0.25) is 5.78 Å². The van der Waals surface area contributed by atoms with Crippen molar-refractivity contribution in [1.82, 2.24) is 0 Å². The highest BCUT2D eigenvalue weighted by atomic mass is 16.4. The average Bonchev–Trinajstić information content (AvgIpc) is 3.30. The van der Waals surface area contributed by atoms with Crippen LogP contribution in [0.25, 0.3) is 22.3 Å². The van der Waals surface area contributed by atoms with E-state index in [-0.39, 0.29) is 41.7 Å². The number of phenolic OH excluding ortho intramolecular Hbond substituents is 1. The fraction of sp³-hybridized carbons (Fsp3) is 0.276. The van der Waals surface area contributed by atoms with Crippen LogP contribution in [0.1, 0.15) is 28.8 Å². The van der Waals surface area contributed by atoms with Crippen LogP contribution in [0.3, 0.4) is 0 Å². The van der Waals surface area contributed by atoms with Gasteiger partial charge in [0, 0.05) is 43.1 Å². The van der Waals surface area contributed by atoms with E-state index in [1.54, 1.807) is 32.3 Å². The van der Waals surface area contributed by atoms with Gasteiger partial charge in [0.15, 0.2) is 11.4 Å². The Labute approximate surface area is 222 Å². The van der Waals surface area contributed by atoms with Crippen LogP contribution < -0.4 is 10.6 Å². The number of carbonyl (C=O) groups excluding carboxylic acids is 3. The van der Waals surface area contributed by atoms with E-state index in [2.05, 4.69) is 0 Å². The number of rotatable bonds is 3. The first-order valence-corrected chi connectivity index (χ1v) is 12.5. The Morgan fingerprint density at radius 1 is 1.10 bits per heavy atom. The standard InChI is InChI=1S/C29H26N2O8/c1-31(2)17-11-16(20-9-12-5-3-4-6-19(12)39-20)24(33)22-15(17)8-13-7-14-10-18(32)23(28(30)37)27(36)29(14,38)26(35)21(13)25(22)34/h3-6,9,11,13-14,32-33,35,38H,7-8,10H2,1-2H3,(H2,30,37)/t13-,14+,29+/m1/s1. The number of aromatic hydroxyl groups is 1. The van der Waals surface area contributed by atoms with Gasteiger partial charge in [-0.3, -0.25) is 14.4 Å². The fourth-order valence-corrected chi connectivity index (χ4v) is 6.37. The number of hydrogen-bond donors (Lipinski definition) is 5. The molecule has 10 heteroatoms. The molecule has 6 N–H and O–H groups in total. The molecule has 10 nitrogen and oxygen atoms in total. The zero-order chi connectivity index (χ0) is 28.0. The number of furan rings is 1. The number of fused-ring (bicyclic) bond motifs is 4. The minimum atomic E-state index is -2.61. The molecule has 1 amide bonds. The zero-order valence-corrected chi connectivity index (χ0v) is 21.2. The molecule has 0 aliphatic heterocycles. The summed E-state index contributed by atoms with van der Waals surface area (Å²) in [7, 11) is 3.60. The van der Waals surface area contributed by atoms with Crippen molar-refractivity contribution >= 4 is 34.1 Å². The molecular formula is C29H26N2O8. The Morgan fingerprint density at radius 2 is 1.82 bits per heavy atom. The van der Waals surface area contributed by atoms with E-state index in [0.717, 1.165) is 5.39 Å². The van der Waals surface area contributed by atoms with Gasteiger partial charge in [0.25, 0.3) is 5.91 Å². The molecular weight excluding hydrogens is 504 g/mol. The first-order valence-electron chi connectivity index (χ1n) is 12.5. The summed E-state index contributed by atoms with van der Waals surface area (Å²) in [4.78, 5) is 40.8. The third-order valence-electron chi connectivity index (χ3n) is 8.21. The number of ketones is 2. The van der Waals surface area contributed by atoms with Gasteiger partial charge in [0.05, 0.1) is 11.1 Å². The van der Waals surface area contributed by atoms with E-state index in [1.165, 1.54) is 0 Å². The number of Topliss-reactive ketones (excluding diaryl/α,β-unsaturated/α-hetero) is 2. The Bertz CT molecular complexity index is 1660. The number of hydrogen-bond acceptors (Lipinski definition) is 9. The lowest BCUT2D eigenvalue weighted by atomic mass is 9.60. The summed E-state index contributed by atoms with van der Waals surface area (Å²) < 4.78 is 5.96. The first-order chi connectivity index (χ1) is 18.4. The van der Waals surface area contributed by atoms with Gasteiger partial charge in [-0.15, -0.1) is 0 Å². The van der Waals surface area contributed by atoms with Crippen LogP contribution in [-0.2, 0) is 16.0 Å². The highest BCUT2D eigenvalue weighted by Gasteiger charge is 2.59. The molecule has 3 aromatic rings. The monoisotopic (exact) mass is 530 g/mol. The van der Waals surface area contributed by atoms with Crippen LogP contribution in [0.15, 0.2) is 63.5 Å². The number of nitrogens with two attached hydrogens (primary N) is 1. The van der Waals surface area contributed by atoms with Gasteiger partial charge in [-0.25, -0.2) is 0 Å². The van der Waals surface area contributed by atoms with E-state index in [1.807, 2.05) is 23.1 Å². The highest BCUT2D eigenvalue weighted by molar-refractivity contribution is 6.24. The van der Waals surface area contributed by atoms with E-state index < -0.39 is 52.0 Å². The van der Waals surface area contributed by atoms with Crippen molar-refractivity contribution in [2.24, 2.45) is 17.6 Å². The number of amides is 1. The van der Waals surface area contributed by atoms with E-state index in [4.69, 9.17) is 10.2 Å². The Kier molecular flexibility index (Phi) is 5.21. The second kappa shape index (κ2) is 8.21. The molecule has 3 aliphatic carbocycles. The third kappa shape index (κ3) is 3.27. The molecule has 0 saturated carbocycles. The third-order valence-corrected chi connectivity index (χ3v) is 8.21. The van der Waals surface area contributed by atoms with Crippen molar-refractivity contribution in [3.8, 4) is 17.1 Å². The molecule has 1 heterocycles. The van der Waals surface area contributed by atoms with Crippen LogP contribution in [0.5, 0.6) is 5.75 Å². The molecule has 3 aliphatic rings. The SMILES string of the molecule is CN(C)c1cc(-c2cc3ccccc3o2)c(O)c2c1C[C@H]1C[C@H]3CC(O)=C(C(N)=O)C(=O)[C@@]3(O)C(O)=C1C2=O. The number of allylic oxidation sites excluding steroid dienone is 2. The largest absolute Gasteiger partial charge is 0.511 e. The lowest BCUT2D eigenvalue weighted by Crippen LogP contribution is -2.57. The summed E-state index contributed by atoms with van der Waals surface area (Å²) in [5, 5.41) is 45.3. The molecule has 39 heavy (non-hydrogen) atoms. The van der Waals surface area contributed by atoms with Gasteiger partial charge in [-0.05, 0) is 42.5 Å². The molecule has 0 bridgehead atoms. The molecule has 200 valence electrons. The maximum Gasteiger partial charge on any atom is 0.255 e. The summed E-state index contributed by atoms with van der Waals surface area (Å²) >= 11 is 0. The maximum atomic E-state index is 14.0. The topological polar surface area (TPSA) is 175 Å². The van der Waals surface area contributed by atoms with Gasteiger partial charge < -0.3 is 35.5 Å². The Hall–Kier alpha value is -4.57. The first kappa shape index (κ1) is 24.7. The summed E-state index contributed by atoms with van der Waals surface area (Å²) in [5.41, 5.74) is 3.66. The van der Waals surface area contributed by atoms with Gasteiger partial charge >= 0.3 is 0 Å². The van der Waals surface area contributed by atoms with Crippen LogP contribution in [-0.4, -0.2) is 57.6 Å². The van der Waals surface area contributed by atoms with Crippen LogP contribution >= 0.6 is 0 Å². The number of nitrogens with zero attached hydrogens (tertiary/aromatic N) is 1. The lowest BCUT2D eigenvalue weighted by molar-refractivity contribution is -0.144. The molecule has 6 rings (SSSR count). The zero-order valence-electron chi connectivity index (χ0n) is 21.2. The molecule has 2 aromatic carbocycles. The smallest absolute Gasteiger partial charge is 0.255 e. The molecule has 0 unspecified atom stereocenters. The van der Waals surface area contributed by atoms with E-state index >= 15 is 0 Å². The summed E-state index contributed by atoms with van der Waals surface area (Å²) in [6.07, 6.45) is 0.0178. The Balaban J connectivity index is 1.56. The van der Waals surface area contributed by atoms with Crippen molar-refractivity contribution in [3.05, 3.63) is 70.2 Å². The maximum absolute atomic E-state index is 14.0. The number of para-hydroxylation sites is 1. The van der Waals surface area contributed by atoms with Gasteiger partial charge in [-0.1, -0.05) is 18.2 Å². The van der Waals surface area contributed by atoms with Gasteiger partial charge in [-0.2, -0.15) is 0 Å². The van der Waals surface area contributed by atoms with E-state index in [0.29, 0.717) is 22.6 Å². The number of carbonyl (C=O) groups is 3. The van der Waals surface area contributed by atoms with Crippen molar-refractivity contribution < 1.29 is 39.2 Å². The average molecular weight is 531 g/mol. The van der Waals surface area contributed by atoms with Crippen molar-refractivity contribution in [2.75, 3.05) is 19.0 Å². The molecule has 0 spiro atoms. The number of aliphatic hydroxyl groups is 3. The second-order valence-electron chi connectivity index (χ2n) is 10.6. The van der Waals surface area contributed by atoms with E-state index in [9.17, 15) is 34.8 Å². The quantitative estimate of drug-likeness (QED) is 0.319. The number of benzene rings is 2. The minimum Gasteiger partial charge on any atom is -0.511 e. The number of aliphatic hydroxyl groups excluding tert-OH is 2. The lowest BCUT2D eigenvalue weighted by Gasteiger charge is -2.45. The highest BCUT2D eigenvalue weighted by Crippen LogP contribution is 2.53. The predicted molar refractivity (Wildman–Crippen MR) is 140 cm³/mol. The van der Waals surface area contributed by atoms with Crippen LogP contribution in [0.2, 0.25) is 0 Å². The normalized spacial score (nSPS) is 24.5. The van der Waals surface area contributed by atoms with Crippen LogP contribution in [0.4, 0.5) is 5.69 Å². The summed E-state index contributed by atoms with van der Waals surface area (Å²) in [6, 6.07) is 10.8. The second-order valence-corrected chi connectivity index (χ2v) is 10.6. The summed E-state index contributed by atoms with van der Waals surface area (Å²) in [6.45, 7) is 0. The molecule has 0 fully saturated rings. The van der Waals surface area contributed by atoms with Crippen molar-refractivity contribution in [3.63, 3.8) is 0 Å². The molecule has 1 aromatic heterocycles. The molecule has 0 saturated heterocycles. The number of phenols is 1. The van der Waals surface area contributed by atoms with Crippen molar-refractivity contribution in [2.45, 2.75) is 24.9 Å². The molecule has 3 atom stereocenters.